The minimum absolute atomic E-state index is 0.365. The number of likely N-dealkylation sites (tertiary alicyclic amines) is 1. The Morgan fingerprint density at radius 1 is 1.45 bits per heavy atom. The number of nitrogens with one attached hydrogen (secondary N) is 1. The van der Waals surface area contributed by atoms with Gasteiger partial charge in [0.25, 0.3) is 0 Å². The van der Waals surface area contributed by atoms with Crippen LogP contribution in [0.3, 0.4) is 0 Å². The first-order valence-corrected chi connectivity index (χ1v) is 7.32. The number of carbonyl (C=O) groups is 1. The molecule has 1 aromatic rings. The van der Waals surface area contributed by atoms with Crippen molar-refractivity contribution in [2.75, 3.05) is 19.6 Å². The molecule has 1 aliphatic rings. The molecular formula is C12H18F3N5OS. The fraction of sp³-hybridized carbons (Fsp3) is 0.750. The number of hydrogen-bond acceptors (Lipinski definition) is 4. The van der Waals surface area contributed by atoms with Gasteiger partial charge in [-0.1, -0.05) is 0 Å². The molecule has 1 aliphatic heterocycles. The SMILES string of the molecule is Cn1cnn(CN2CCC(C(=O)NCC(F)(F)F)CC2)c1=S. The fourth-order valence-electron chi connectivity index (χ4n) is 2.38. The highest BCUT2D eigenvalue weighted by Crippen LogP contribution is 2.19. The lowest BCUT2D eigenvalue weighted by atomic mass is 9.96. The molecule has 0 bridgehead atoms. The summed E-state index contributed by atoms with van der Waals surface area (Å²) >= 11 is 5.20. The molecule has 0 saturated carbocycles. The second-order valence-electron chi connectivity index (χ2n) is 5.39. The minimum atomic E-state index is -4.37. The van der Waals surface area contributed by atoms with E-state index in [1.807, 2.05) is 12.4 Å². The zero-order valence-electron chi connectivity index (χ0n) is 12.1. The minimum Gasteiger partial charge on any atom is -0.347 e. The molecule has 0 aliphatic carbocycles. The van der Waals surface area contributed by atoms with Crippen LogP contribution in [0.1, 0.15) is 12.8 Å². The van der Waals surface area contributed by atoms with Gasteiger partial charge in [0, 0.05) is 26.1 Å². The molecule has 1 saturated heterocycles. The van der Waals surface area contributed by atoms with E-state index >= 15 is 0 Å². The lowest BCUT2D eigenvalue weighted by Gasteiger charge is -2.30. The summed E-state index contributed by atoms with van der Waals surface area (Å²) in [5.74, 6) is -0.887. The summed E-state index contributed by atoms with van der Waals surface area (Å²) in [6.45, 7) is 0.511. The first-order valence-electron chi connectivity index (χ1n) is 6.91. The van der Waals surface area contributed by atoms with Crippen LogP contribution in [0, 0.1) is 10.7 Å². The monoisotopic (exact) mass is 337 g/mol. The van der Waals surface area contributed by atoms with Crippen molar-refractivity contribution in [2.24, 2.45) is 13.0 Å². The van der Waals surface area contributed by atoms with Gasteiger partial charge in [-0.15, -0.1) is 0 Å². The van der Waals surface area contributed by atoms with E-state index in [1.165, 1.54) is 0 Å². The molecule has 0 aromatic carbocycles. The van der Waals surface area contributed by atoms with Gasteiger partial charge in [-0.3, -0.25) is 9.69 Å². The predicted octanol–water partition coefficient (Wildman–Crippen LogP) is 1.30. The third-order valence-electron chi connectivity index (χ3n) is 3.64. The Bertz CT molecular complexity index is 574. The lowest BCUT2D eigenvalue weighted by molar-refractivity contribution is -0.141. The van der Waals surface area contributed by atoms with Gasteiger partial charge >= 0.3 is 6.18 Å². The number of hydrogen-bond donors (Lipinski definition) is 1. The summed E-state index contributed by atoms with van der Waals surface area (Å²) in [6.07, 6.45) is -1.68. The second kappa shape index (κ2) is 6.78. The summed E-state index contributed by atoms with van der Waals surface area (Å²) in [5, 5.41) is 6.10. The van der Waals surface area contributed by atoms with E-state index in [0.29, 0.717) is 37.4 Å². The summed E-state index contributed by atoms with van der Waals surface area (Å²) in [4.78, 5) is 13.8. The number of halogens is 3. The lowest BCUT2D eigenvalue weighted by Crippen LogP contribution is -2.43. The number of amides is 1. The molecular weight excluding hydrogens is 319 g/mol. The molecule has 0 radical (unpaired) electrons. The van der Waals surface area contributed by atoms with E-state index in [-0.39, 0.29) is 5.92 Å². The first-order chi connectivity index (χ1) is 10.3. The van der Waals surface area contributed by atoms with Gasteiger partial charge in [-0.25, -0.2) is 4.68 Å². The van der Waals surface area contributed by atoms with Crippen molar-refractivity contribution in [1.29, 1.82) is 0 Å². The van der Waals surface area contributed by atoms with Crippen molar-refractivity contribution in [2.45, 2.75) is 25.7 Å². The first kappa shape index (κ1) is 16.9. The maximum Gasteiger partial charge on any atom is 0.405 e. The van der Waals surface area contributed by atoms with Crippen LogP contribution in [0.5, 0.6) is 0 Å². The van der Waals surface area contributed by atoms with E-state index < -0.39 is 18.6 Å². The van der Waals surface area contributed by atoms with E-state index in [9.17, 15) is 18.0 Å². The fourth-order valence-corrected chi connectivity index (χ4v) is 2.53. The van der Waals surface area contributed by atoms with Gasteiger partial charge in [0.1, 0.15) is 12.9 Å². The zero-order chi connectivity index (χ0) is 16.3. The molecule has 0 unspecified atom stereocenters. The van der Waals surface area contributed by atoms with Crippen LogP contribution < -0.4 is 5.32 Å². The highest BCUT2D eigenvalue weighted by Gasteiger charge is 2.31. The van der Waals surface area contributed by atoms with Crippen LogP contribution in [0.25, 0.3) is 0 Å². The number of aryl methyl sites for hydroxylation is 1. The van der Waals surface area contributed by atoms with Crippen LogP contribution in [0.4, 0.5) is 13.2 Å². The third-order valence-corrected chi connectivity index (χ3v) is 4.14. The Hall–Kier alpha value is -1.42. The molecule has 1 aromatic heterocycles. The summed E-state index contributed by atoms with van der Waals surface area (Å²) in [7, 11) is 1.81. The van der Waals surface area contributed by atoms with Gasteiger partial charge in [0.05, 0.1) is 6.67 Å². The van der Waals surface area contributed by atoms with Crippen molar-refractivity contribution in [3.63, 3.8) is 0 Å². The normalized spacial score (nSPS) is 17.6. The van der Waals surface area contributed by atoms with Gasteiger partial charge in [0.15, 0.2) is 4.77 Å². The van der Waals surface area contributed by atoms with E-state index in [1.54, 1.807) is 15.6 Å². The molecule has 0 spiro atoms. The van der Waals surface area contributed by atoms with Crippen molar-refractivity contribution < 1.29 is 18.0 Å². The predicted molar refractivity (Wildman–Crippen MR) is 75.4 cm³/mol. The molecule has 6 nitrogen and oxygen atoms in total. The number of piperidine rings is 1. The summed E-state index contributed by atoms with van der Waals surface area (Å²) in [6, 6.07) is 0. The second-order valence-corrected chi connectivity index (χ2v) is 5.76. The number of aromatic nitrogens is 3. The van der Waals surface area contributed by atoms with Crippen molar-refractivity contribution in [3.8, 4) is 0 Å². The molecule has 1 N–H and O–H groups in total. The van der Waals surface area contributed by atoms with Crippen LogP contribution in [0.15, 0.2) is 6.33 Å². The average Bonchev–Trinajstić information content (AvgIpc) is 2.77. The molecule has 22 heavy (non-hydrogen) atoms. The topological polar surface area (TPSA) is 55.1 Å². The quantitative estimate of drug-likeness (QED) is 0.842. The largest absolute Gasteiger partial charge is 0.405 e. The Balaban J connectivity index is 1.79. The Labute approximate surface area is 130 Å². The van der Waals surface area contributed by atoms with Crippen LogP contribution in [0.2, 0.25) is 0 Å². The van der Waals surface area contributed by atoms with Crippen molar-refractivity contribution in [3.05, 3.63) is 11.1 Å². The van der Waals surface area contributed by atoms with Gasteiger partial charge < -0.3 is 9.88 Å². The summed E-state index contributed by atoms with van der Waals surface area (Å²) < 4.78 is 40.3. The van der Waals surface area contributed by atoms with Crippen LogP contribution >= 0.6 is 12.2 Å². The maximum absolute atomic E-state index is 12.1. The Kier molecular flexibility index (Phi) is 5.22. The third kappa shape index (κ3) is 4.54. The van der Waals surface area contributed by atoms with Crippen molar-refractivity contribution in [1.82, 2.24) is 24.6 Å². The summed E-state index contributed by atoms with van der Waals surface area (Å²) in [5.41, 5.74) is 0. The maximum atomic E-state index is 12.1. The molecule has 2 heterocycles. The molecule has 1 amide bonds. The van der Waals surface area contributed by atoms with Gasteiger partial charge in [-0.2, -0.15) is 18.3 Å². The molecule has 0 atom stereocenters. The van der Waals surface area contributed by atoms with Crippen molar-refractivity contribution >= 4 is 18.1 Å². The highest BCUT2D eigenvalue weighted by molar-refractivity contribution is 7.71. The van der Waals surface area contributed by atoms with E-state index in [2.05, 4.69) is 10.00 Å². The van der Waals surface area contributed by atoms with E-state index in [4.69, 9.17) is 12.2 Å². The standard InChI is InChI=1S/C12H18F3N5OS/c1-18-7-17-20(11(18)22)8-19-4-2-9(3-5-19)10(21)16-6-12(13,14)15/h7,9H,2-6,8H2,1H3,(H,16,21). The average molecular weight is 337 g/mol. The van der Waals surface area contributed by atoms with Gasteiger partial charge in [0.2, 0.25) is 5.91 Å². The highest BCUT2D eigenvalue weighted by atomic mass is 32.1. The zero-order valence-corrected chi connectivity index (χ0v) is 13.0. The van der Waals surface area contributed by atoms with Crippen LogP contribution in [-0.4, -0.2) is 51.0 Å². The molecule has 1 fully saturated rings. The van der Waals surface area contributed by atoms with Crippen LogP contribution in [-0.2, 0) is 18.5 Å². The van der Waals surface area contributed by atoms with Gasteiger partial charge in [-0.05, 0) is 25.1 Å². The Morgan fingerprint density at radius 2 is 2.09 bits per heavy atom. The number of alkyl halides is 3. The smallest absolute Gasteiger partial charge is 0.347 e. The number of rotatable bonds is 4. The number of carbonyl (C=O) groups excluding carboxylic acids is 1. The molecule has 10 heteroatoms. The molecule has 124 valence electrons. The molecule has 2 rings (SSSR count). The van der Waals surface area contributed by atoms with E-state index in [0.717, 1.165) is 0 Å². The Morgan fingerprint density at radius 3 is 2.59 bits per heavy atom. The number of nitrogens with zero attached hydrogens (tertiary/aromatic N) is 4.